The van der Waals surface area contributed by atoms with E-state index in [2.05, 4.69) is 43.5 Å². The number of amidine groups is 1. The highest BCUT2D eigenvalue weighted by Gasteiger charge is 2.50. The van der Waals surface area contributed by atoms with Crippen LogP contribution >= 0.6 is 0 Å². The molecule has 2 aliphatic heterocycles. The fraction of sp³-hybridized carbons (Fsp3) is 0.529. The molecule has 5 nitrogen and oxygen atoms in total. The molecule has 5 heteroatoms. The number of aliphatic imine (C=N–C) groups is 1. The van der Waals surface area contributed by atoms with Crippen LogP contribution in [0, 0.1) is 12.8 Å². The van der Waals surface area contributed by atoms with E-state index in [0.29, 0.717) is 0 Å². The van der Waals surface area contributed by atoms with Gasteiger partial charge < -0.3 is 10.3 Å². The summed E-state index contributed by atoms with van der Waals surface area (Å²) in [5.74, 6) is 1.32. The van der Waals surface area contributed by atoms with E-state index in [1.807, 2.05) is 17.0 Å². The number of fused-ring (bicyclic) bond motifs is 1. The molecule has 2 aliphatic rings. The van der Waals surface area contributed by atoms with Gasteiger partial charge in [0.15, 0.2) is 0 Å². The van der Waals surface area contributed by atoms with Crippen molar-refractivity contribution in [2.45, 2.75) is 32.7 Å². The highest BCUT2D eigenvalue weighted by Crippen LogP contribution is 2.37. The average Bonchev–Trinajstić information content (AvgIpc) is 2.70. The van der Waals surface area contributed by atoms with Crippen LogP contribution in [0.5, 0.6) is 0 Å². The zero-order valence-electron chi connectivity index (χ0n) is 13.8. The summed E-state index contributed by atoms with van der Waals surface area (Å²) in [6.07, 6.45) is 0.952. The van der Waals surface area contributed by atoms with Crippen molar-refractivity contribution in [2.24, 2.45) is 10.9 Å². The van der Waals surface area contributed by atoms with Gasteiger partial charge in [0.2, 0.25) is 5.91 Å². The lowest BCUT2D eigenvalue weighted by molar-refractivity contribution is -0.131. The van der Waals surface area contributed by atoms with E-state index in [-0.39, 0.29) is 17.4 Å². The molecule has 0 saturated carbocycles. The number of piperidine rings is 1. The van der Waals surface area contributed by atoms with Crippen molar-refractivity contribution in [1.82, 2.24) is 15.3 Å². The summed E-state index contributed by atoms with van der Waals surface area (Å²) < 4.78 is 0. The molecular formula is C17H24N4O. The molecule has 2 unspecified atom stereocenters. The van der Waals surface area contributed by atoms with Gasteiger partial charge in [0.1, 0.15) is 5.84 Å². The third kappa shape index (κ3) is 2.50. The topological polar surface area (TPSA) is 47.9 Å². The molecule has 0 spiro atoms. The zero-order valence-corrected chi connectivity index (χ0v) is 13.8. The SMILES string of the molecule is CC(=O)N1CCC2(C)C(C1)C(=Nc1cccc(C)c1)NN2C. The van der Waals surface area contributed by atoms with Crippen molar-refractivity contribution in [1.29, 1.82) is 0 Å². The summed E-state index contributed by atoms with van der Waals surface area (Å²) in [6, 6.07) is 8.19. The van der Waals surface area contributed by atoms with Gasteiger partial charge in [-0.15, -0.1) is 0 Å². The van der Waals surface area contributed by atoms with Gasteiger partial charge in [-0.25, -0.2) is 10.0 Å². The summed E-state index contributed by atoms with van der Waals surface area (Å²) in [6.45, 7) is 7.51. The number of carbonyl (C=O) groups excluding carboxylic acids is 1. The molecule has 0 aliphatic carbocycles. The summed E-state index contributed by atoms with van der Waals surface area (Å²) in [4.78, 5) is 18.5. The molecule has 22 heavy (non-hydrogen) atoms. The Labute approximate surface area is 132 Å². The van der Waals surface area contributed by atoms with Crippen LogP contribution in [0.25, 0.3) is 0 Å². The third-order valence-electron chi connectivity index (χ3n) is 5.12. The smallest absolute Gasteiger partial charge is 0.219 e. The molecule has 1 aromatic carbocycles. The number of amides is 1. The molecule has 2 fully saturated rings. The minimum Gasteiger partial charge on any atom is -0.342 e. The van der Waals surface area contributed by atoms with Crippen LogP contribution in [0.1, 0.15) is 25.8 Å². The normalized spacial score (nSPS) is 30.3. The van der Waals surface area contributed by atoms with Crippen LogP contribution in [0.3, 0.4) is 0 Å². The van der Waals surface area contributed by atoms with Crippen LogP contribution in [-0.2, 0) is 4.79 Å². The molecule has 2 heterocycles. The molecule has 2 saturated heterocycles. The first kappa shape index (κ1) is 15.0. The number of hydrogen-bond donors (Lipinski definition) is 1. The molecule has 3 rings (SSSR count). The number of hydrogen-bond acceptors (Lipinski definition) is 3. The average molecular weight is 300 g/mol. The Bertz CT molecular complexity index is 627. The Morgan fingerprint density at radius 3 is 2.91 bits per heavy atom. The van der Waals surface area contributed by atoms with E-state index in [1.54, 1.807) is 6.92 Å². The zero-order chi connectivity index (χ0) is 15.9. The van der Waals surface area contributed by atoms with Gasteiger partial charge in [0.25, 0.3) is 0 Å². The first-order chi connectivity index (χ1) is 10.4. The number of benzene rings is 1. The Hall–Kier alpha value is -1.88. The summed E-state index contributed by atoms with van der Waals surface area (Å²) in [5.41, 5.74) is 5.58. The summed E-state index contributed by atoms with van der Waals surface area (Å²) in [5, 5.41) is 2.16. The molecule has 0 aromatic heterocycles. The van der Waals surface area contributed by atoms with Crippen molar-refractivity contribution in [3.8, 4) is 0 Å². The summed E-state index contributed by atoms with van der Waals surface area (Å²) in [7, 11) is 2.06. The fourth-order valence-corrected chi connectivity index (χ4v) is 3.43. The van der Waals surface area contributed by atoms with Gasteiger partial charge in [0.05, 0.1) is 17.1 Å². The standard InChI is InChI=1S/C17H24N4O/c1-12-6-5-7-14(10-12)18-16-15-11-21(13(2)22)9-8-17(15,3)20(4)19-16/h5-7,10,15H,8-9,11H2,1-4H3,(H,18,19). The van der Waals surface area contributed by atoms with E-state index >= 15 is 0 Å². The van der Waals surface area contributed by atoms with Crippen LogP contribution < -0.4 is 5.43 Å². The monoisotopic (exact) mass is 300 g/mol. The maximum absolute atomic E-state index is 11.7. The fourth-order valence-electron chi connectivity index (χ4n) is 3.43. The second kappa shape index (κ2) is 5.39. The number of aryl methyl sites for hydroxylation is 1. The minimum atomic E-state index is 0.00854. The molecule has 0 bridgehead atoms. The number of hydrazine groups is 1. The largest absolute Gasteiger partial charge is 0.342 e. The minimum absolute atomic E-state index is 0.00854. The number of likely N-dealkylation sites (tertiary alicyclic amines) is 1. The first-order valence-corrected chi connectivity index (χ1v) is 7.81. The number of nitrogens with one attached hydrogen (secondary N) is 1. The second-order valence-electron chi connectivity index (χ2n) is 6.63. The first-order valence-electron chi connectivity index (χ1n) is 7.81. The molecule has 1 amide bonds. The number of carbonyl (C=O) groups is 1. The molecule has 2 atom stereocenters. The van der Waals surface area contributed by atoms with Crippen molar-refractivity contribution < 1.29 is 4.79 Å². The maximum Gasteiger partial charge on any atom is 0.219 e. The van der Waals surface area contributed by atoms with Gasteiger partial charge in [-0.05, 0) is 38.0 Å². The Morgan fingerprint density at radius 2 is 2.23 bits per heavy atom. The van der Waals surface area contributed by atoms with Crippen LogP contribution in [-0.4, -0.2) is 47.3 Å². The Morgan fingerprint density at radius 1 is 1.45 bits per heavy atom. The molecule has 1 aromatic rings. The summed E-state index contributed by atoms with van der Waals surface area (Å²) >= 11 is 0. The van der Waals surface area contributed by atoms with Crippen LogP contribution in [0.15, 0.2) is 29.3 Å². The second-order valence-corrected chi connectivity index (χ2v) is 6.63. The van der Waals surface area contributed by atoms with Gasteiger partial charge in [-0.2, -0.15) is 0 Å². The van der Waals surface area contributed by atoms with Gasteiger partial charge in [0, 0.05) is 27.1 Å². The van der Waals surface area contributed by atoms with E-state index in [1.165, 1.54) is 5.56 Å². The lowest BCUT2D eigenvalue weighted by Crippen LogP contribution is -2.55. The predicted octanol–water partition coefficient (Wildman–Crippen LogP) is 2.10. The van der Waals surface area contributed by atoms with Crippen molar-refractivity contribution in [3.63, 3.8) is 0 Å². The maximum atomic E-state index is 11.7. The van der Waals surface area contributed by atoms with Gasteiger partial charge >= 0.3 is 0 Å². The van der Waals surface area contributed by atoms with E-state index in [4.69, 9.17) is 4.99 Å². The molecule has 1 N–H and O–H groups in total. The Kier molecular flexibility index (Phi) is 3.68. The number of rotatable bonds is 1. The molecule has 0 radical (unpaired) electrons. The molecule has 118 valence electrons. The van der Waals surface area contributed by atoms with Gasteiger partial charge in [-0.3, -0.25) is 4.79 Å². The van der Waals surface area contributed by atoms with E-state index in [0.717, 1.165) is 31.0 Å². The lowest BCUT2D eigenvalue weighted by Gasteiger charge is -2.43. The highest BCUT2D eigenvalue weighted by molar-refractivity contribution is 5.90. The lowest BCUT2D eigenvalue weighted by atomic mass is 9.79. The quantitative estimate of drug-likeness (QED) is 0.864. The third-order valence-corrected chi connectivity index (χ3v) is 5.12. The van der Waals surface area contributed by atoms with E-state index < -0.39 is 0 Å². The van der Waals surface area contributed by atoms with Crippen LogP contribution in [0.4, 0.5) is 5.69 Å². The van der Waals surface area contributed by atoms with E-state index in [9.17, 15) is 4.79 Å². The highest BCUT2D eigenvalue weighted by atomic mass is 16.2. The molecular weight excluding hydrogens is 276 g/mol. The number of nitrogens with zero attached hydrogens (tertiary/aromatic N) is 3. The Balaban J connectivity index is 1.93. The van der Waals surface area contributed by atoms with Gasteiger partial charge in [-0.1, -0.05) is 12.1 Å². The van der Waals surface area contributed by atoms with Crippen molar-refractivity contribution in [3.05, 3.63) is 29.8 Å². The van der Waals surface area contributed by atoms with Crippen molar-refractivity contribution in [2.75, 3.05) is 20.1 Å². The van der Waals surface area contributed by atoms with Crippen LogP contribution in [0.2, 0.25) is 0 Å². The van der Waals surface area contributed by atoms with Crippen molar-refractivity contribution >= 4 is 17.4 Å². The predicted molar refractivity (Wildman–Crippen MR) is 87.9 cm³/mol.